The average Bonchev–Trinajstić information content (AvgIpc) is 3.35. The number of amides is 1. The Labute approximate surface area is 198 Å². The lowest BCUT2D eigenvalue weighted by atomic mass is 9.71. The van der Waals surface area contributed by atoms with Crippen LogP contribution in [0.15, 0.2) is 34.8 Å². The van der Waals surface area contributed by atoms with Crippen molar-refractivity contribution in [1.29, 1.82) is 10.9 Å². The lowest BCUT2D eigenvalue weighted by molar-refractivity contribution is -0.138. The number of carbonyl (C=O) groups is 2. The number of rotatable bonds is 8. The van der Waals surface area contributed by atoms with Crippen LogP contribution in [0.3, 0.4) is 0 Å². The van der Waals surface area contributed by atoms with Gasteiger partial charge in [-0.3, -0.25) is 15.1 Å². The summed E-state index contributed by atoms with van der Waals surface area (Å²) < 4.78 is 5.11. The quantitative estimate of drug-likeness (QED) is 0.174. The molecule has 3 aliphatic rings. The molecule has 0 radical (unpaired) electrons. The standard InChI is InChI=1S/C23H31N7O4/c1-15-19(13-34-21(15)32)29-10-9-23(22(29)33)7-5-17(6-8-23)28(2)18(12-31)16-3-4-20(26-11-16)30(14-24)27-25/h3-4,11,14,17-18,24-25,31H,5-10,12-13H2,1-2H3/t17-,18-,23+/m0/s1. The summed E-state index contributed by atoms with van der Waals surface area (Å²) in [5.41, 5.74) is 8.79. The number of aliphatic hydroxyl groups is 1. The van der Waals surface area contributed by atoms with Crippen LogP contribution in [0, 0.1) is 16.4 Å². The SMILES string of the molecule is CC1=C(N2CC[C@]3(CC[C@H](N(C)[C@@H](CO)c4ccc(N(C=N)N=N)nc4)CC3)C2=O)COC1=O. The maximum Gasteiger partial charge on any atom is 0.336 e. The lowest BCUT2D eigenvalue weighted by Gasteiger charge is -2.42. The van der Waals surface area contributed by atoms with Crippen molar-refractivity contribution in [2.45, 2.75) is 51.1 Å². The molecular weight excluding hydrogens is 438 g/mol. The van der Waals surface area contributed by atoms with Gasteiger partial charge in [-0.25, -0.2) is 9.78 Å². The Bertz CT molecular complexity index is 993. The Balaban J connectivity index is 1.41. The molecule has 0 bridgehead atoms. The second-order valence-corrected chi connectivity index (χ2v) is 9.25. The van der Waals surface area contributed by atoms with E-state index in [2.05, 4.69) is 15.1 Å². The van der Waals surface area contributed by atoms with Crippen molar-refractivity contribution in [3.8, 4) is 0 Å². The summed E-state index contributed by atoms with van der Waals surface area (Å²) in [5, 5.41) is 21.7. The van der Waals surface area contributed by atoms with Gasteiger partial charge in [0.05, 0.1) is 29.3 Å². The largest absolute Gasteiger partial charge is 0.456 e. The van der Waals surface area contributed by atoms with Crippen LogP contribution >= 0.6 is 0 Å². The van der Waals surface area contributed by atoms with E-state index in [-0.39, 0.29) is 42.6 Å². The van der Waals surface area contributed by atoms with Crippen molar-refractivity contribution in [3.63, 3.8) is 0 Å². The Morgan fingerprint density at radius 3 is 2.62 bits per heavy atom. The Morgan fingerprint density at radius 1 is 1.35 bits per heavy atom. The molecule has 1 spiro atoms. The van der Waals surface area contributed by atoms with Crippen LogP contribution in [-0.4, -0.2) is 71.0 Å². The molecule has 34 heavy (non-hydrogen) atoms. The van der Waals surface area contributed by atoms with E-state index in [0.717, 1.165) is 49.0 Å². The van der Waals surface area contributed by atoms with Crippen molar-refractivity contribution in [2.75, 3.05) is 31.8 Å². The van der Waals surface area contributed by atoms with E-state index >= 15 is 0 Å². The molecule has 11 nitrogen and oxygen atoms in total. The van der Waals surface area contributed by atoms with Crippen LogP contribution in [0.5, 0.6) is 0 Å². The predicted molar refractivity (Wildman–Crippen MR) is 123 cm³/mol. The first-order valence-electron chi connectivity index (χ1n) is 11.5. The number of aromatic nitrogens is 1. The van der Waals surface area contributed by atoms with Crippen LogP contribution in [0.2, 0.25) is 0 Å². The molecule has 1 saturated carbocycles. The van der Waals surface area contributed by atoms with Gasteiger partial charge in [0.1, 0.15) is 12.9 Å². The van der Waals surface area contributed by atoms with Gasteiger partial charge in [-0.1, -0.05) is 11.3 Å². The number of aliphatic hydroxyl groups excluding tert-OH is 1. The summed E-state index contributed by atoms with van der Waals surface area (Å²) in [5.74, 6) is 0.123. The summed E-state index contributed by atoms with van der Waals surface area (Å²) in [6.07, 6.45) is 6.55. The number of nitrogens with one attached hydrogen (secondary N) is 2. The number of likely N-dealkylation sites (tertiary alicyclic amines) is 1. The number of pyridine rings is 1. The van der Waals surface area contributed by atoms with Gasteiger partial charge in [0, 0.05) is 18.8 Å². The fraction of sp³-hybridized carbons (Fsp3) is 0.565. The molecule has 3 heterocycles. The van der Waals surface area contributed by atoms with Gasteiger partial charge in [-0.05, 0) is 57.7 Å². The maximum absolute atomic E-state index is 13.4. The molecule has 1 saturated heterocycles. The molecule has 1 aromatic rings. The van der Waals surface area contributed by atoms with Crippen LogP contribution in [0.4, 0.5) is 5.82 Å². The third-order valence-corrected chi connectivity index (χ3v) is 7.69. The number of anilines is 1. The minimum Gasteiger partial charge on any atom is -0.456 e. The van der Waals surface area contributed by atoms with Gasteiger partial charge < -0.3 is 14.7 Å². The highest BCUT2D eigenvalue weighted by Gasteiger charge is 2.50. The van der Waals surface area contributed by atoms with E-state index in [9.17, 15) is 14.7 Å². The maximum atomic E-state index is 13.4. The number of likely N-dealkylation sites (N-methyl/N-ethyl adjacent to an activating group) is 1. The molecule has 2 aliphatic heterocycles. The number of carbonyl (C=O) groups excluding carboxylic acids is 2. The summed E-state index contributed by atoms with van der Waals surface area (Å²) in [6.45, 7) is 2.44. The number of ether oxygens (including phenoxy) is 1. The van der Waals surface area contributed by atoms with Crippen molar-refractivity contribution in [2.24, 2.45) is 10.6 Å². The van der Waals surface area contributed by atoms with Crippen LogP contribution in [0.25, 0.3) is 0 Å². The fourth-order valence-electron chi connectivity index (χ4n) is 5.45. The second kappa shape index (κ2) is 9.59. The molecule has 182 valence electrons. The highest BCUT2D eigenvalue weighted by atomic mass is 16.5. The fourth-order valence-corrected chi connectivity index (χ4v) is 5.45. The number of hydrogen-bond acceptors (Lipinski definition) is 9. The average molecular weight is 470 g/mol. The molecule has 1 aromatic heterocycles. The smallest absolute Gasteiger partial charge is 0.336 e. The lowest BCUT2D eigenvalue weighted by Crippen LogP contribution is -2.44. The highest BCUT2D eigenvalue weighted by Crippen LogP contribution is 2.47. The molecular formula is C23H31N7O4. The zero-order valence-electron chi connectivity index (χ0n) is 19.5. The topological polar surface area (TPSA) is 146 Å². The van der Waals surface area contributed by atoms with E-state index < -0.39 is 0 Å². The molecule has 1 amide bonds. The van der Waals surface area contributed by atoms with Crippen LogP contribution in [0.1, 0.15) is 50.6 Å². The molecule has 2 fully saturated rings. The van der Waals surface area contributed by atoms with Gasteiger partial charge in [-0.2, -0.15) is 10.5 Å². The van der Waals surface area contributed by atoms with Crippen LogP contribution in [-0.2, 0) is 14.3 Å². The zero-order chi connectivity index (χ0) is 24.5. The van der Waals surface area contributed by atoms with E-state index in [4.69, 9.17) is 15.7 Å². The predicted octanol–water partition coefficient (Wildman–Crippen LogP) is 2.40. The molecule has 11 heteroatoms. The van der Waals surface area contributed by atoms with Gasteiger partial charge in [0.25, 0.3) is 0 Å². The summed E-state index contributed by atoms with van der Waals surface area (Å²) >= 11 is 0. The number of nitrogens with zero attached hydrogens (tertiary/aromatic N) is 5. The van der Waals surface area contributed by atoms with Gasteiger partial charge in [-0.15, -0.1) is 0 Å². The molecule has 3 N–H and O–H groups in total. The summed E-state index contributed by atoms with van der Waals surface area (Å²) in [4.78, 5) is 33.3. The van der Waals surface area contributed by atoms with Gasteiger partial charge in [0.15, 0.2) is 5.82 Å². The molecule has 1 atom stereocenters. The first-order valence-corrected chi connectivity index (χ1v) is 11.5. The molecule has 4 rings (SSSR count). The summed E-state index contributed by atoms with van der Waals surface area (Å²) in [7, 11) is 1.99. The molecule has 0 aromatic carbocycles. The van der Waals surface area contributed by atoms with E-state index in [1.54, 1.807) is 24.1 Å². The minimum absolute atomic E-state index is 0.0789. The summed E-state index contributed by atoms with van der Waals surface area (Å²) in [6, 6.07) is 3.45. The van der Waals surface area contributed by atoms with E-state index in [1.807, 2.05) is 13.1 Å². The van der Waals surface area contributed by atoms with Crippen molar-refractivity contribution in [1.82, 2.24) is 14.8 Å². The number of esters is 1. The Kier molecular flexibility index (Phi) is 6.76. The second-order valence-electron chi connectivity index (χ2n) is 9.25. The Morgan fingerprint density at radius 2 is 2.09 bits per heavy atom. The van der Waals surface area contributed by atoms with Crippen molar-refractivity contribution in [3.05, 3.63) is 35.2 Å². The normalized spacial score (nSPS) is 25.8. The monoisotopic (exact) mass is 469 g/mol. The van der Waals surface area contributed by atoms with Crippen molar-refractivity contribution < 1.29 is 19.4 Å². The number of hydrogen-bond donors (Lipinski definition) is 3. The van der Waals surface area contributed by atoms with Crippen molar-refractivity contribution >= 4 is 24.0 Å². The van der Waals surface area contributed by atoms with Gasteiger partial charge >= 0.3 is 5.97 Å². The first-order chi connectivity index (χ1) is 16.3. The minimum atomic E-state index is -0.385. The molecule has 1 aliphatic carbocycles. The first kappa shape index (κ1) is 24.0. The Hall–Kier alpha value is -3.18. The number of cyclic esters (lactones) is 1. The van der Waals surface area contributed by atoms with E-state index in [1.165, 1.54) is 0 Å². The third kappa shape index (κ3) is 4.09. The van der Waals surface area contributed by atoms with E-state index in [0.29, 0.717) is 23.6 Å². The zero-order valence-corrected chi connectivity index (χ0v) is 19.5. The van der Waals surface area contributed by atoms with Crippen LogP contribution < -0.4 is 5.01 Å². The third-order valence-electron chi connectivity index (χ3n) is 7.69. The molecule has 0 unspecified atom stereocenters. The highest BCUT2D eigenvalue weighted by molar-refractivity contribution is 5.94. The van der Waals surface area contributed by atoms with Gasteiger partial charge in [0.2, 0.25) is 5.91 Å².